The van der Waals surface area contributed by atoms with Gasteiger partial charge in [-0.05, 0) is 54.7 Å². The molecule has 2 saturated heterocycles. The fourth-order valence-electron chi connectivity index (χ4n) is 5.35. The number of imide groups is 1. The molecule has 5 rings (SSSR count). The lowest BCUT2D eigenvalue weighted by atomic mass is 9.82. The first-order valence-electron chi connectivity index (χ1n) is 12.0. The molecule has 3 aliphatic rings. The number of hydrogen-bond donors (Lipinski definition) is 2. The van der Waals surface area contributed by atoms with Crippen LogP contribution in [0.4, 0.5) is 17.6 Å². The Morgan fingerprint density at radius 1 is 1.05 bits per heavy atom. The summed E-state index contributed by atoms with van der Waals surface area (Å²) in [5.74, 6) is -2.16. The third kappa shape index (κ3) is 4.85. The SMILES string of the molecule is O=C1CCC(N2Cc3cc(C4(O)CCN(Cc5ccc(C(F)(F)F)cc5)CC4)c(F)cc3C2=O)C(=O)N1. The number of piperidine rings is 2. The van der Waals surface area contributed by atoms with E-state index < -0.39 is 46.9 Å². The molecule has 2 aromatic rings. The quantitative estimate of drug-likeness (QED) is 0.479. The number of alkyl halides is 3. The molecule has 37 heavy (non-hydrogen) atoms. The Balaban J connectivity index is 1.27. The minimum Gasteiger partial charge on any atom is -0.385 e. The fourth-order valence-corrected chi connectivity index (χ4v) is 5.35. The van der Waals surface area contributed by atoms with Crippen molar-refractivity contribution in [3.8, 4) is 0 Å². The van der Waals surface area contributed by atoms with Crippen LogP contribution < -0.4 is 5.32 Å². The fraction of sp³-hybridized carbons (Fsp3) is 0.423. The van der Waals surface area contributed by atoms with Gasteiger partial charge in [-0.25, -0.2) is 4.39 Å². The molecule has 0 aliphatic carbocycles. The molecule has 2 fully saturated rings. The van der Waals surface area contributed by atoms with Gasteiger partial charge in [0.05, 0.1) is 11.2 Å². The first kappa shape index (κ1) is 25.3. The van der Waals surface area contributed by atoms with E-state index >= 15 is 4.39 Å². The van der Waals surface area contributed by atoms with Crippen LogP contribution >= 0.6 is 0 Å². The van der Waals surface area contributed by atoms with Crippen molar-refractivity contribution < 1.29 is 37.1 Å². The van der Waals surface area contributed by atoms with E-state index in [1.165, 1.54) is 23.1 Å². The number of nitrogens with one attached hydrogen (secondary N) is 1. The summed E-state index contributed by atoms with van der Waals surface area (Å²) in [6.45, 7) is 1.27. The summed E-state index contributed by atoms with van der Waals surface area (Å²) in [7, 11) is 0. The topological polar surface area (TPSA) is 90.0 Å². The molecular weight excluding hydrogens is 494 g/mol. The maximum atomic E-state index is 15.2. The zero-order chi connectivity index (χ0) is 26.5. The Kier molecular flexibility index (Phi) is 6.31. The van der Waals surface area contributed by atoms with Crippen LogP contribution in [0.2, 0.25) is 0 Å². The van der Waals surface area contributed by atoms with Gasteiger partial charge in [0.1, 0.15) is 11.9 Å². The summed E-state index contributed by atoms with van der Waals surface area (Å²) in [4.78, 5) is 39.9. The number of hydrogen-bond acceptors (Lipinski definition) is 5. The van der Waals surface area contributed by atoms with Gasteiger partial charge in [-0.15, -0.1) is 0 Å². The lowest BCUT2D eigenvalue weighted by molar-refractivity contribution is -0.138. The number of carbonyl (C=O) groups is 3. The minimum atomic E-state index is -4.40. The Bertz CT molecular complexity index is 1250. The summed E-state index contributed by atoms with van der Waals surface area (Å²) in [6.07, 6.45) is -3.69. The predicted octanol–water partition coefficient (Wildman–Crippen LogP) is 3.09. The second kappa shape index (κ2) is 9.21. The number of fused-ring (bicyclic) bond motifs is 1. The summed E-state index contributed by atoms with van der Waals surface area (Å²) in [5, 5.41) is 13.5. The number of likely N-dealkylation sites (tertiary alicyclic amines) is 1. The van der Waals surface area contributed by atoms with Gasteiger partial charge >= 0.3 is 6.18 Å². The van der Waals surface area contributed by atoms with Gasteiger partial charge in [-0.2, -0.15) is 13.2 Å². The first-order chi connectivity index (χ1) is 17.4. The van der Waals surface area contributed by atoms with E-state index in [4.69, 9.17) is 0 Å². The summed E-state index contributed by atoms with van der Waals surface area (Å²) >= 11 is 0. The second-order valence-corrected chi connectivity index (χ2v) is 9.89. The number of nitrogens with zero attached hydrogens (tertiary/aromatic N) is 2. The van der Waals surface area contributed by atoms with Gasteiger partial charge < -0.3 is 10.0 Å². The highest BCUT2D eigenvalue weighted by Crippen LogP contribution is 2.38. The molecule has 11 heteroatoms. The number of benzene rings is 2. The smallest absolute Gasteiger partial charge is 0.385 e. The van der Waals surface area contributed by atoms with Gasteiger partial charge in [0.15, 0.2) is 0 Å². The molecule has 0 radical (unpaired) electrons. The predicted molar refractivity (Wildman–Crippen MR) is 122 cm³/mol. The van der Waals surface area contributed by atoms with E-state index in [1.54, 1.807) is 0 Å². The number of halogens is 4. The molecule has 0 aromatic heterocycles. The molecule has 3 amide bonds. The van der Waals surface area contributed by atoms with Gasteiger partial charge in [-0.1, -0.05) is 12.1 Å². The molecule has 0 saturated carbocycles. The number of carbonyl (C=O) groups excluding carboxylic acids is 3. The van der Waals surface area contributed by atoms with Crippen LogP contribution in [0.3, 0.4) is 0 Å². The monoisotopic (exact) mass is 519 g/mol. The highest BCUT2D eigenvalue weighted by atomic mass is 19.4. The summed E-state index contributed by atoms with van der Waals surface area (Å²) in [5.41, 5.74) is -0.763. The first-order valence-corrected chi connectivity index (χ1v) is 12.0. The molecule has 3 aliphatic heterocycles. The Morgan fingerprint density at radius 3 is 2.35 bits per heavy atom. The largest absolute Gasteiger partial charge is 0.416 e. The lowest BCUT2D eigenvalue weighted by Crippen LogP contribution is -2.52. The van der Waals surface area contributed by atoms with Crippen LogP contribution in [-0.2, 0) is 34.5 Å². The van der Waals surface area contributed by atoms with Crippen LogP contribution in [0.25, 0.3) is 0 Å². The zero-order valence-electron chi connectivity index (χ0n) is 19.8. The van der Waals surface area contributed by atoms with E-state index in [0.717, 1.165) is 18.2 Å². The molecular formula is C26H25F4N3O4. The molecule has 2 N–H and O–H groups in total. The van der Waals surface area contributed by atoms with E-state index in [-0.39, 0.29) is 43.4 Å². The maximum Gasteiger partial charge on any atom is 0.416 e. The van der Waals surface area contributed by atoms with Gasteiger partial charge in [-0.3, -0.25) is 24.6 Å². The number of amides is 3. The Labute approximate surface area is 210 Å². The van der Waals surface area contributed by atoms with Crippen LogP contribution in [-0.4, -0.2) is 51.8 Å². The van der Waals surface area contributed by atoms with Gasteiger partial charge in [0.2, 0.25) is 11.8 Å². The van der Waals surface area contributed by atoms with Crippen molar-refractivity contribution in [1.82, 2.24) is 15.1 Å². The molecule has 7 nitrogen and oxygen atoms in total. The van der Waals surface area contributed by atoms with Gasteiger partial charge in [0.25, 0.3) is 5.91 Å². The number of rotatable bonds is 4. The molecule has 3 heterocycles. The molecule has 0 bridgehead atoms. The summed E-state index contributed by atoms with van der Waals surface area (Å²) in [6, 6.07) is 6.69. The lowest BCUT2D eigenvalue weighted by Gasteiger charge is -2.39. The third-order valence-corrected chi connectivity index (χ3v) is 7.48. The second-order valence-electron chi connectivity index (χ2n) is 9.89. The van der Waals surface area contributed by atoms with Crippen molar-refractivity contribution in [2.45, 2.75) is 56.6 Å². The zero-order valence-corrected chi connectivity index (χ0v) is 19.8. The highest BCUT2D eigenvalue weighted by molar-refractivity contribution is 6.05. The number of aliphatic hydroxyl groups is 1. The maximum absolute atomic E-state index is 15.2. The normalized spacial score (nSPS) is 22.2. The molecule has 196 valence electrons. The molecule has 1 atom stereocenters. The van der Waals surface area contributed by atoms with Crippen molar-refractivity contribution >= 4 is 17.7 Å². The van der Waals surface area contributed by atoms with Crippen molar-refractivity contribution in [2.24, 2.45) is 0 Å². The van der Waals surface area contributed by atoms with E-state index in [2.05, 4.69) is 5.32 Å². The van der Waals surface area contributed by atoms with E-state index in [0.29, 0.717) is 30.8 Å². The van der Waals surface area contributed by atoms with Crippen LogP contribution in [0.15, 0.2) is 36.4 Å². The van der Waals surface area contributed by atoms with Gasteiger partial charge in [0, 0.05) is 43.7 Å². The third-order valence-electron chi connectivity index (χ3n) is 7.48. The van der Waals surface area contributed by atoms with E-state index in [9.17, 15) is 32.7 Å². The Hall–Kier alpha value is -3.31. The average molecular weight is 519 g/mol. The standard InChI is InChI=1S/C26H25F4N3O4/c27-20-12-18-16(14-33(24(18)36)21-5-6-22(34)31-23(21)35)11-19(20)25(37)7-9-32(10-8-25)13-15-1-3-17(4-2-15)26(28,29)30/h1-4,11-12,21,37H,5-10,13-14H2,(H,31,34,35). The van der Waals surface area contributed by atoms with Crippen LogP contribution in [0, 0.1) is 5.82 Å². The summed E-state index contributed by atoms with van der Waals surface area (Å²) < 4.78 is 53.5. The molecule has 0 spiro atoms. The van der Waals surface area contributed by atoms with Crippen molar-refractivity contribution in [1.29, 1.82) is 0 Å². The molecule has 2 aromatic carbocycles. The van der Waals surface area contributed by atoms with Crippen LogP contribution in [0.1, 0.15) is 58.3 Å². The average Bonchev–Trinajstić information content (AvgIpc) is 3.15. The van der Waals surface area contributed by atoms with Crippen LogP contribution in [0.5, 0.6) is 0 Å². The van der Waals surface area contributed by atoms with Crippen molar-refractivity contribution in [3.63, 3.8) is 0 Å². The Morgan fingerprint density at radius 2 is 1.73 bits per heavy atom. The van der Waals surface area contributed by atoms with E-state index in [1.807, 2.05) is 4.90 Å². The minimum absolute atomic E-state index is 0.0733. The highest BCUT2D eigenvalue weighted by Gasteiger charge is 2.42. The van der Waals surface area contributed by atoms with Crippen molar-refractivity contribution in [2.75, 3.05) is 13.1 Å². The van der Waals surface area contributed by atoms with Crippen molar-refractivity contribution in [3.05, 3.63) is 70.0 Å². The molecule has 1 unspecified atom stereocenters.